The monoisotopic (exact) mass is 303 g/mol. The van der Waals surface area contributed by atoms with Gasteiger partial charge in [0.05, 0.1) is 18.8 Å². The Kier molecular flexibility index (Phi) is 6.43. The molecule has 0 aromatic rings. The van der Waals surface area contributed by atoms with E-state index in [-0.39, 0.29) is 6.09 Å². The van der Waals surface area contributed by atoms with Gasteiger partial charge in [-0.2, -0.15) is 0 Å². The summed E-state index contributed by atoms with van der Waals surface area (Å²) in [7, 11) is 3.15. The van der Waals surface area contributed by atoms with E-state index in [1.165, 1.54) is 0 Å². The van der Waals surface area contributed by atoms with Crippen LogP contribution in [0.5, 0.6) is 0 Å². The third-order valence-electron chi connectivity index (χ3n) is 3.40. The summed E-state index contributed by atoms with van der Waals surface area (Å²) >= 11 is 0. The van der Waals surface area contributed by atoms with Crippen LogP contribution in [0.25, 0.3) is 0 Å². The summed E-state index contributed by atoms with van der Waals surface area (Å²) in [6.07, 6.45) is 1.11. The fourth-order valence-corrected chi connectivity index (χ4v) is 2.31. The topological polar surface area (TPSA) is 57.2 Å². The van der Waals surface area contributed by atoms with E-state index in [9.17, 15) is 4.79 Å². The SMILES string of the molecule is COC(COC1(C)CCCN(C(=O)OC(C)(C)C)C1)OC. The maximum absolute atomic E-state index is 12.2. The van der Waals surface area contributed by atoms with Gasteiger partial charge in [-0.15, -0.1) is 0 Å². The van der Waals surface area contributed by atoms with Crippen molar-refractivity contribution < 1.29 is 23.7 Å². The van der Waals surface area contributed by atoms with Crippen LogP contribution in [0.1, 0.15) is 40.5 Å². The second-order valence-corrected chi connectivity index (χ2v) is 6.67. The van der Waals surface area contributed by atoms with Gasteiger partial charge in [-0.3, -0.25) is 0 Å². The molecule has 1 amide bonds. The van der Waals surface area contributed by atoms with Crippen molar-refractivity contribution in [3.8, 4) is 0 Å². The average Bonchev–Trinajstić information content (AvgIpc) is 2.38. The van der Waals surface area contributed by atoms with E-state index in [1.54, 1.807) is 19.1 Å². The van der Waals surface area contributed by atoms with Gasteiger partial charge in [0, 0.05) is 20.8 Å². The van der Waals surface area contributed by atoms with Gasteiger partial charge in [-0.05, 0) is 40.5 Å². The minimum atomic E-state index is -0.483. The lowest BCUT2D eigenvalue weighted by Gasteiger charge is -2.41. The molecule has 0 aromatic heterocycles. The Hall–Kier alpha value is -0.850. The molecular formula is C15H29NO5. The highest BCUT2D eigenvalue weighted by molar-refractivity contribution is 5.68. The van der Waals surface area contributed by atoms with Crippen LogP contribution in [0, 0.1) is 0 Å². The number of carbonyl (C=O) groups is 1. The summed E-state index contributed by atoms with van der Waals surface area (Å²) in [5, 5.41) is 0. The van der Waals surface area contributed by atoms with Gasteiger partial charge < -0.3 is 23.8 Å². The molecule has 1 aliphatic heterocycles. The number of hydrogen-bond donors (Lipinski definition) is 0. The molecule has 1 saturated heterocycles. The Morgan fingerprint density at radius 2 is 1.90 bits per heavy atom. The van der Waals surface area contributed by atoms with Gasteiger partial charge in [0.2, 0.25) is 0 Å². The van der Waals surface area contributed by atoms with E-state index in [1.807, 2.05) is 27.7 Å². The molecule has 1 atom stereocenters. The Bertz CT molecular complexity index is 337. The lowest BCUT2D eigenvalue weighted by Crippen LogP contribution is -2.52. The molecule has 1 fully saturated rings. The summed E-state index contributed by atoms with van der Waals surface area (Å²) < 4.78 is 21.6. The molecular weight excluding hydrogens is 274 g/mol. The third-order valence-corrected chi connectivity index (χ3v) is 3.40. The van der Waals surface area contributed by atoms with Crippen molar-refractivity contribution in [1.82, 2.24) is 4.90 Å². The van der Waals surface area contributed by atoms with Crippen LogP contribution in [0.3, 0.4) is 0 Å². The van der Waals surface area contributed by atoms with E-state index >= 15 is 0 Å². The first-order valence-electron chi connectivity index (χ1n) is 7.36. The van der Waals surface area contributed by atoms with Crippen molar-refractivity contribution in [2.45, 2.75) is 58.0 Å². The normalized spacial score (nSPS) is 23.5. The minimum absolute atomic E-state index is 0.285. The van der Waals surface area contributed by atoms with Crippen molar-refractivity contribution in [1.29, 1.82) is 0 Å². The number of piperidine rings is 1. The molecule has 0 N–H and O–H groups in total. The fraction of sp³-hybridized carbons (Fsp3) is 0.933. The van der Waals surface area contributed by atoms with E-state index in [0.717, 1.165) is 12.8 Å². The summed E-state index contributed by atoms with van der Waals surface area (Å²) in [6.45, 7) is 9.16. The van der Waals surface area contributed by atoms with Gasteiger partial charge >= 0.3 is 6.09 Å². The molecule has 6 heteroatoms. The maximum Gasteiger partial charge on any atom is 0.410 e. The van der Waals surface area contributed by atoms with Gasteiger partial charge in [0.25, 0.3) is 0 Å². The van der Waals surface area contributed by atoms with Crippen LogP contribution in [0.4, 0.5) is 4.79 Å². The molecule has 0 aliphatic carbocycles. The average molecular weight is 303 g/mol. The molecule has 21 heavy (non-hydrogen) atoms. The van der Waals surface area contributed by atoms with E-state index in [4.69, 9.17) is 18.9 Å². The number of carbonyl (C=O) groups excluding carboxylic acids is 1. The van der Waals surface area contributed by atoms with Crippen molar-refractivity contribution in [3.05, 3.63) is 0 Å². The van der Waals surface area contributed by atoms with Crippen molar-refractivity contribution in [2.24, 2.45) is 0 Å². The molecule has 1 unspecified atom stereocenters. The van der Waals surface area contributed by atoms with Gasteiger partial charge in [0.1, 0.15) is 5.60 Å². The predicted octanol–water partition coefficient (Wildman–Crippen LogP) is 2.41. The number of likely N-dealkylation sites (tertiary alicyclic amines) is 1. The van der Waals surface area contributed by atoms with Gasteiger partial charge in [0.15, 0.2) is 6.29 Å². The van der Waals surface area contributed by atoms with Gasteiger partial charge in [-0.1, -0.05) is 0 Å². The molecule has 0 aromatic carbocycles. The summed E-state index contributed by atoms with van der Waals surface area (Å²) in [4.78, 5) is 13.9. The number of rotatable bonds is 5. The number of methoxy groups -OCH3 is 2. The quantitative estimate of drug-likeness (QED) is 0.730. The molecule has 1 heterocycles. The standard InChI is InChI=1S/C15H29NO5/c1-14(2,3)21-13(17)16-9-7-8-15(4,11-16)20-10-12(18-5)19-6/h12H,7-11H2,1-6H3. The fourth-order valence-electron chi connectivity index (χ4n) is 2.31. The van der Waals surface area contributed by atoms with Crippen LogP contribution in [-0.2, 0) is 18.9 Å². The largest absolute Gasteiger partial charge is 0.444 e. The molecule has 0 bridgehead atoms. The van der Waals surface area contributed by atoms with Crippen LogP contribution in [-0.4, -0.2) is 62.4 Å². The highest BCUT2D eigenvalue weighted by Gasteiger charge is 2.36. The zero-order valence-electron chi connectivity index (χ0n) is 14.1. The molecule has 1 aliphatic rings. The minimum Gasteiger partial charge on any atom is -0.444 e. The van der Waals surface area contributed by atoms with Crippen molar-refractivity contribution in [2.75, 3.05) is 33.9 Å². The highest BCUT2D eigenvalue weighted by Crippen LogP contribution is 2.26. The Labute approximate surface area is 127 Å². The molecule has 1 rings (SSSR count). The maximum atomic E-state index is 12.2. The molecule has 0 saturated carbocycles. The van der Waals surface area contributed by atoms with Crippen LogP contribution in [0.15, 0.2) is 0 Å². The van der Waals surface area contributed by atoms with Crippen LogP contribution in [0.2, 0.25) is 0 Å². The number of nitrogens with zero attached hydrogens (tertiary/aromatic N) is 1. The third kappa shape index (κ3) is 6.20. The Morgan fingerprint density at radius 1 is 1.29 bits per heavy atom. The first kappa shape index (κ1) is 18.2. The van der Waals surface area contributed by atoms with Crippen molar-refractivity contribution >= 4 is 6.09 Å². The first-order chi connectivity index (χ1) is 9.69. The summed E-state index contributed by atoms with van der Waals surface area (Å²) in [6, 6.07) is 0. The zero-order valence-corrected chi connectivity index (χ0v) is 14.1. The van der Waals surface area contributed by atoms with Crippen LogP contribution < -0.4 is 0 Å². The lowest BCUT2D eigenvalue weighted by atomic mass is 9.95. The van der Waals surface area contributed by atoms with Gasteiger partial charge in [-0.25, -0.2) is 4.79 Å². The van der Waals surface area contributed by atoms with E-state index in [2.05, 4.69) is 0 Å². The lowest BCUT2D eigenvalue weighted by molar-refractivity contribution is -0.178. The molecule has 0 radical (unpaired) electrons. The molecule has 6 nitrogen and oxygen atoms in total. The molecule has 124 valence electrons. The first-order valence-corrected chi connectivity index (χ1v) is 7.36. The number of ether oxygens (including phenoxy) is 4. The highest BCUT2D eigenvalue weighted by atomic mass is 16.7. The second kappa shape index (κ2) is 7.42. The smallest absolute Gasteiger partial charge is 0.410 e. The van der Waals surface area contributed by atoms with Crippen LogP contribution >= 0.6 is 0 Å². The van der Waals surface area contributed by atoms with E-state index in [0.29, 0.717) is 19.7 Å². The summed E-state index contributed by atoms with van der Waals surface area (Å²) in [5.74, 6) is 0. The van der Waals surface area contributed by atoms with Crippen molar-refractivity contribution in [3.63, 3.8) is 0 Å². The summed E-state index contributed by atoms with van der Waals surface area (Å²) in [5.41, 5.74) is -0.881. The molecule has 0 spiro atoms. The van der Waals surface area contributed by atoms with E-state index < -0.39 is 17.5 Å². The Morgan fingerprint density at radius 3 is 2.43 bits per heavy atom. The number of hydrogen-bond acceptors (Lipinski definition) is 5. The number of amides is 1. The predicted molar refractivity (Wildman–Crippen MR) is 79.2 cm³/mol. The zero-order chi connectivity index (χ0) is 16.1. The second-order valence-electron chi connectivity index (χ2n) is 6.67. The Balaban J connectivity index is 2.55.